The molecule has 18 heavy (non-hydrogen) atoms. The second-order valence-corrected chi connectivity index (χ2v) is 4.12. The van der Waals surface area contributed by atoms with Gasteiger partial charge in [0, 0.05) is 13.6 Å². The van der Waals surface area contributed by atoms with E-state index >= 15 is 0 Å². The second kappa shape index (κ2) is 4.61. The Morgan fingerprint density at radius 1 is 1.44 bits per heavy atom. The Morgan fingerprint density at radius 2 is 2.17 bits per heavy atom. The van der Waals surface area contributed by atoms with Crippen molar-refractivity contribution in [1.29, 1.82) is 5.26 Å². The fourth-order valence-electron chi connectivity index (χ4n) is 2.03. The molecule has 1 fully saturated rings. The van der Waals surface area contributed by atoms with Gasteiger partial charge >= 0.3 is 6.03 Å². The fraction of sp³-hybridized carbons (Fsp3) is 0.333. The summed E-state index contributed by atoms with van der Waals surface area (Å²) in [5.41, 5.74) is 0.519. The summed E-state index contributed by atoms with van der Waals surface area (Å²) in [5.74, 6) is -1.85. The Morgan fingerprint density at radius 3 is 2.78 bits per heavy atom. The molecule has 2 rings (SSSR count). The largest absolute Gasteiger partial charge is 0.321 e. The van der Waals surface area contributed by atoms with Crippen LogP contribution in [0.2, 0.25) is 0 Å². The molecule has 6 heteroatoms. The van der Waals surface area contributed by atoms with E-state index < -0.39 is 11.6 Å². The van der Waals surface area contributed by atoms with Gasteiger partial charge in [-0.15, -0.1) is 0 Å². The third kappa shape index (κ3) is 1.99. The summed E-state index contributed by atoms with van der Waals surface area (Å²) in [7, 11) is 1.58. The molecule has 94 valence electrons. The Bertz CT molecular complexity index is 527. The minimum Gasteiger partial charge on any atom is -0.319 e. The summed E-state index contributed by atoms with van der Waals surface area (Å²) >= 11 is 0. The molecule has 4 nitrogen and oxygen atoms in total. The van der Waals surface area contributed by atoms with Crippen LogP contribution in [0, 0.1) is 23.0 Å². The Labute approximate surface area is 103 Å². The van der Waals surface area contributed by atoms with Crippen molar-refractivity contribution in [3.05, 3.63) is 35.4 Å². The predicted molar refractivity (Wildman–Crippen MR) is 59.4 cm³/mol. The number of amides is 2. The van der Waals surface area contributed by atoms with Gasteiger partial charge < -0.3 is 9.80 Å². The Balaban J connectivity index is 2.26. The molecule has 0 N–H and O–H groups in total. The van der Waals surface area contributed by atoms with Gasteiger partial charge in [0.2, 0.25) is 0 Å². The fourth-order valence-corrected chi connectivity index (χ4v) is 2.03. The number of halogens is 2. The van der Waals surface area contributed by atoms with Crippen LogP contribution in [0.25, 0.3) is 0 Å². The van der Waals surface area contributed by atoms with E-state index in [1.165, 1.54) is 15.9 Å². The molecule has 1 aliphatic rings. The summed E-state index contributed by atoms with van der Waals surface area (Å²) in [6.45, 7) is 0.289. The van der Waals surface area contributed by atoms with Gasteiger partial charge in [-0.05, 0) is 17.7 Å². The normalized spacial score (nSPS) is 19.2. The number of urea groups is 1. The van der Waals surface area contributed by atoms with Crippen LogP contribution in [0.4, 0.5) is 13.6 Å². The van der Waals surface area contributed by atoms with E-state index in [0.29, 0.717) is 12.1 Å². The van der Waals surface area contributed by atoms with Crippen molar-refractivity contribution in [1.82, 2.24) is 9.80 Å². The third-order valence-electron chi connectivity index (χ3n) is 3.02. The SMILES string of the molecule is CN1C(=O)N(CC#N)CC1c1ccc(F)c(F)c1. The van der Waals surface area contributed by atoms with Gasteiger partial charge in [0.1, 0.15) is 6.54 Å². The number of carbonyl (C=O) groups excluding carboxylic acids is 1. The van der Waals surface area contributed by atoms with Crippen molar-refractivity contribution in [2.24, 2.45) is 0 Å². The molecule has 0 spiro atoms. The molecule has 0 bridgehead atoms. The number of benzene rings is 1. The van der Waals surface area contributed by atoms with Crippen molar-refractivity contribution in [3.8, 4) is 6.07 Å². The molecule has 1 heterocycles. The number of nitrogens with zero attached hydrogens (tertiary/aromatic N) is 3. The van der Waals surface area contributed by atoms with Crippen molar-refractivity contribution in [2.45, 2.75) is 6.04 Å². The molecule has 1 aromatic rings. The zero-order valence-corrected chi connectivity index (χ0v) is 9.73. The van der Waals surface area contributed by atoms with E-state index in [2.05, 4.69) is 0 Å². The van der Waals surface area contributed by atoms with E-state index in [1.807, 2.05) is 6.07 Å². The number of nitriles is 1. The molecule has 0 saturated carbocycles. The first kappa shape index (κ1) is 12.3. The average molecular weight is 251 g/mol. The van der Waals surface area contributed by atoms with Crippen LogP contribution in [0.3, 0.4) is 0 Å². The van der Waals surface area contributed by atoms with Gasteiger partial charge in [-0.2, -0.15) is 5.26 Å². The van der Waals surface area contributed by atoms with Gasteiger partial charge in [0.15, 0.2) is 11.6 Å². The molecular formula is C12H11F2N3O. The second-order valence-electron chi connectivity index (χ2n) is 4.12. The number of hydrogen-bond acceptors (Lipinski definition) is 2. The van der Waals surface area contributed by atoms with Crippen LogP contribution in [-0.2, 0) is 0 Å². The summed E-state index contributed by atoms with van der Waals surface area (Å²) in [5, 5.41) is 8.60. The Kier molecular flexibility index (Phi) is 3.15. The molecule has 1 unspecified atom stereocenters. The van der Waals surface area contributed by atoms with Crippen LogP contribution < -0.4 is 0 Å². The van der Waals surface area contributed by atoms with E-state index in [4.69, 9.17) is 5.26 Å². The smallest absolute Gasteiger partial charge is 0.319 e. The van der Waals surface area contributed by atoms with Crippen LogP contribution in [0.5, 0.6) is 0 Å². The molecule has 1 aromatic carbocycles. The number of carbonyl (C=O) groups is 1. The lowest BCUT2D eigenvalue weighted by atomic mass is 10.1. The maximum atomic E-state index is 13.2. The first-order valence-corrected chi connectivity index (χ1v) is 5.38. The monoisotopic (exact) mass is 251 g/mol. The van der Waals surface area contributed by atoms with Crippen LogP contribution in [0.15, 0.2) is 18.2 Å². The molecule has 2 amide bonds. The maximum Gasteiger partial charge on any atom is 0.321 e. The van der Waals surface area contributed by atoms with Gasteiger partial charge in [-0.25, -0.2) is 13.6 Å². The maximum absolute atomic E-state index is 13.2. The molecule has 1 aliphatic heterocycles. The Hall–Kier alpha value is -2.16. The molecule has 1 atom stereocenters. The van der Waals surface area contributed by atoms with Crippen molar-refractivity contribution < 1.29 is 13.6 Å². The predicted octanol–water partition coefficient (Wildman–Crippen LogP) is 1.90. The quantitative estimate of drug-likeness (QED) is 0.754. The molecular weight excluding hydrogens is 240 g/mol. The lowest BCUT2D eigenvalue weighted by Gasteiger charge is -2.18. The van der Waals surface area contributed by atoms with Crippen LogP contribution in [0.1, 0.15) is 11.6 Å². The minimum atomic E-state index is -0.938. The number of hydrogen-bond donors (Lipinski definition) is 0. The number of likely N-dealkylation sites (N-methyl/N-ethyl adjacent to an activating group) is 1. The van der Waals surface area contributed by atoms with Crippen LogP contribution in [-0.4, -0.2) is 36.0 Å². The number of rotatable bonds is 2. The highest BCUT2D eigenvalue weighted by Crippen LogP contribution is 2.28. The van der Waals surface area contributed by atoms with Gasteiger partial charge in [-0.1, -0.05) is 6.07 Å². The lowest BCUT2D eigenvalue weighted by Crippen LogP contribution is -2.29. The minimum absolute atomic E-state index is 0.0106. The highest BCUT2D eigenvalue weighted by molar-refractivity contribution is 5.77. The molecule has 0 aromatic heterocycles. The molecule has 0 aliphatic carbocycles. The van der Waals surface area contributed by atoms with E-state index in [0.717, 1.165) is 12.1 Å². The summed E-state index contributed by atoms with van der Waals surface area (Å²) < 4.78 is 26.0. The van der Waals surface area contributed by atoms with Crippen molar-refractivity contribution >= 4 is 6.03 Å². The molecule has 0 radical (unpaired) electrons. The van der Waals surface area contributed by atoms with Gasteiger partial charge in [0.25, 0.3) is 0 Å². The van der Waals surface area contributed by atoms with Gasteiger partial charge in [-0.3, -0.25) is 0 Å². The highest BCUT2D eigenvalue weighted by atomic mass is 19.2. The van der Waals surface area contributed by atoms with E-state index in [1.54, 1.807) is 7.05 Å². The van der Waals surface area contributed by atoms with Gasteiger partial charge in [0.05, 0.1) is 12.1 Å². The van der Waals surface area contributed by atoms with Crippen molar-refractivity contribution in [2.75, 3.05) is 20.1 Å². The zero-order valence-electron chi connectivity index (χ0n) is 9.73. The lowest BCUT2D eigenvalue weighted by molar-refractivity contribution is 0.199. The zero-order chi connectivity index (χ0) is 13.3. The summed E-state index contributed by atoms with van der Waals surface area (Å²) in [4.78, 5) is 14.6. The van der Waals surface area contributed by atoms with Crippen molar-refractivity contribution in [3.63, 3.8) is 0 Å². The summed E-state index contributed by atoms with van der Waals surface area (Å²) in [6, 6.07) is 4.82. The topological polar surface area (TPSA) is 47.3 Å². The highest BCUT2D eigenvalue weighted by Gasteiger charge is 2.35. The first-order valence-electron chi connectivity index (χ1n) is 5.38. The summed E-state index contributed by atoms with van der Waals surface area (Å²) in [6.07, 6.45) is 0. The molecule has 1 saturated heterocycles. The van der Waals surface area contributed by atoms with E-state index in [9.17, 15) is 13.6 Å². The van der Waals surface area contributed by atoms with Crippen LogP contribution >= 0.6 is 0 Å². The third-order valence-corrected chi connectivity index (χ3v) is 3.02. The first-order chi connectivity index (χ1) is 8.54. The average Bonchev–Trinajstić information content (AvgIpc) is 2.62. The standard InChI is InChI=1S/C12H11F2N3O/c1-16-11(7-17(5-4-15)12(16)18)8-2-3-9(13)10(14)6-8/h2-3,6,11H,5,7H2,1H3. The van der Waals surface area contributed by atoms with E-state index in [-0.39, 0.29) is 18.6 Å².